The van der Waals surface area contributed by atoms with Crippen LogP contribution in [-0.4, -0.2) is 4.98 Å². The molecule has 0 aliphatic rings. The predicted octanol–water partition coefficient (Wildman–Crippen LogP) is 4.24. The Hall–Kier alpha value is -0.740. The molecule has 0 fully saturated rings. The van der Waals surface area contributed by atoms with Crippen LogP contribution >= 0.6 is 27.5 Å². The zero-order valence-electron chi connectivity index (χ0n) is 7.61. The first-order chi connectivity index (χ1) is 7.02. The highest BCUT2D eigenvalue weighted by molar-refractivity contribution is 9.10. The van der Waals surface area contributed by atoms with Crippen molar-refractivity contribution in [1.82, 2.24) is 4.98 Å². The summed E-state index contributed by atoms with van der Waals surface area (Å²) < 4.78 is 27.0. The van der Waals surface area contributed by atoms with E-state index in [0.717, 1.165) is 6.07 Å². The van der Waals surface area contributed by atoms with Crippen molar-refractivity contribution in [3.05, 3.63) is 39.0 Å². The summed E-state index contributed by atoms with van der Waals surface area (Å²) in [5, 5.41) is 0.209. The highest BCUT2D eigenvalue weighted by Gasteiger charge is 2.15. The van der Waals surface area contributed by atoms with E-state index in [0.29, 0.717) is 15.6 Å². The lowest BCUT2D eigenvalue weighted by molar-refractivity contribution is 0.516. The van der Waals surface area contributed by atoms with Gasteiger partial charge in [0.15, 0.2) is 11.6 Å². The minimum atomic E-state index is -0.964. The molecule has 2 rings (SSSR count). The molecule has 0 radical (unpaired) electrons. The van der Waals surface area contributed by atoms with E-state index < -0.39 is 11.6 Å². The molecule has 0 atom stereocenters. The minimum absolute atomic E-state index is 0.0172. The number of nitrogens with zero attached hydrogens (tertiary/aromatic N) is 1. The van der Waals surface area contributed by atoms with Crippen molar-refractivity contribution in [2.75, 3.05) is 0 Å². The maximum Gasteiger partial charge on any atom is 0.169 e. The van der Waals surface area contributed by atoms with Gasteiger partial charge in [0, 0.05) is 10.7 Å². The standard InChI is InChI=1S/C10H5BrClF2N/c1-4-3-15-10-5(11)2-6(13)9(14)7(10)8(4)12/h2-3H,1H3. The molecular formula is C10H5BrClF2N. The first-order valence-electron chi connectivity index (χ1n) is 4.10. The predicted molar refractivity (Wildman–Crippen MR) is 59.1 cm³/mol. The summed E-state index contributed by atoms with van der Waals surface area (Å²) in [6.45, 7) is 1.69. The van der Waals surface area contributed by atoms with Gasteiger partial charge in [-0.3, -0.25) is 4.98 Å². The number of aryl methyl sites for hydroxylation is 1. The summed E-state index contributed by atoms with van der Waals surface area (Å²) in [4.78, 5) is 4.01. The fourth-order valence-corrected chi connectivity index (χ4v) is 2.05. The average molecular weight is 293 g/mol. The zero-order valence-corrected chi connectivity index (χ0v) is 9.96. The Labute approximate surface area is 98.2 Å². The number of fused-ring (bicyclic) bond motifs is 1. The molecule has 15 heavy (non-hydrogen) atoms. The van der Waals surface area contributed by atoms with Gasteiger partial charge in [0.25, 0.3) is 0 Å². The van der Waals surface area contributed by atoms with E-state index in [-0.39, 0.29) is 10.4 Å². The molecule has 0 saturated heterocycles. The van der Waals surface area contributed by atoms with Gasteiger partial charge in [-0.1, -0.05) is 11.6 Å². The monoisotopic (exact) mass is 291 g/mol. The van der Waals surface area contributed by atoms with Gasteiger partial charge in [-0.25, -0.2) is 8.78 Å². The fraction of sp³-hybridized carbons (Fsp3) is 0.100. The molecular weight excluding hydrogens is 287 g/mol. The summed E-state index contributed by atoms with van der Waals surface area (Å²) in [5.41, 5.74) is 0.935. The van der Waals surface area contributed by atoms with Gasteiger partial charge in [-0.15, -0.1) is 0 Å². The number of aromatic nitrogens is 1. The summed E-state index contributed by atoms with van der Waals surface area (Å²) in [6.07, 6.45) is 1.52. The molecule has 78 valence electrons. The van der Waals surface area contributed by atoms with Crippen LogP contribution in [0.2, 0.25) is 5.02 Å². The SMILES string of the molecule is Cc1cnc2c(Br)cc(F)c(F)c2c1Cl. The molecule has 0 amide bonds. The van der Waals surface area contributed by atoms with Gasteiger partial charge in [0.2, 0.25) is 0 Å². The summed E-state index contributed by atoms with van der Waals surface area (Å²) in [6, 6.07) is 1.04. The van der Waals surface area contributed by atoms with Crippen LogP contribution in [0.3, 0.4) is 0 Å². The fourth-order valence-electron chi connectivity index (χ4n) is 1.33. The normalized spacial score (nSPS) is 11.0. The van der Waals surface area contributed by atoms with Crippen LogP contribution < -0.4 is 0 Å². The molecule has 0 aliphatic carbocycles. The van der Waals surface area contributed by atoms with Crippen molar-refractivity contribution in [3.63, 3.8) is 0 Å². The van der Waals surface area contributed by atoms with Gasteiger partial charge < -0.3 is 0 Å². The number of pyridine rings is 1. The molecule has 2 aromatic rings. The summed E-state index contributed by atoms with van der Waals surface area (Å²) >= 11 is 9.02. The van der Waals surface area contributed by atoms with Gasteiger partial charge in [0.05, 0.1) is 15.9 Å². The number of rotatable bonds is 0. The second-order valence-electron chi connectivity index (χ2n) is 3.13. The third kappa shape index (κ3) is 1.62. The van der Waals surface area contributed by atoms with E-state index in [2.05, 4.69) is 20.9 Å². The summed E-state index contributed by atoms with van der Waals surface area (Å²) in [7, 11) is 0. The Morgan fingerprint density at radius 3 is 2.73 bits per heavy atom. The third-order valence-corrected chi connectivity index (χ3v) is 3.19. The van der Waals surface area contributed by atoms with Crippen molar-refractivity contribution >= 4 is 38.4 Å². The van der Waals surface area contributed by atoms with Crippen LogP contribution in [0.5, 0.6) is 0 Å². The number of hydrogen-bond acceptors (Lipinski definition) is 1. The molecule has 0 unspecified atom stereocenters. The van der Waals surface area contributed by atoms with E-state index in [1.165, 1.54) is 6.20 Å². The molecule has 0 aliphatic heterocycles. The average Bonchev–Trinajstić information content (AvgIpc) is 2.19. The van der Waals surface area contributed by atoms with E-state index in [9.17, 15) is 8.78 Å². The van der Waals surface area contributed by atoms with Crippen molar-refractivity contribution in [1.29, 1.82) is 0 Å². The third-order valence-electron chi connectivity index (χ3n) is 2.10. The first-order valence-corrected chi connectivity index (χ1v) is 5.27. The van der Waals surface area contributed by atoms with Gasteiger partial charge in [0.1, 0.15) is 0 Å². The highest BCUT2D eigenvalue weighted by atomic mass is 79.9. The molecule has 0 bridgehead atoms. The lowest BCUT2D eigenvalue weighted by Crippen LogP contribution is -1.93. The van der Waals surface area contributed by atoms with Crippen LogP contribution in [0.4, 0.5) is 8.78 Å². The molecule has 5 heteroatoms. The van der Waals surface area contributed by atoms with E-state index in [4.69, 9.17) is 11.6 Å². The Kier molecular flexibility index (Phi) is 2.64. The smallest absolute Gasteiger partial charge is 0.169 e. The van der Waals surface area contributed by atoms with E-state index >= 15 is 0 Å². The lowest BCUT2D eigenvalue weighted by atomic mass is 10.1. The van der Waals surface area contributed by atoms with Crippen LogP contribution in [0, 0.1) is 18.6 Å². The van der Waals surface area contributed by atoms with Crippen molar-refractivity contribution in [2.45, 2.75) is 6.92 Å². The Morgan fingerprint density at radius 1 is 1.40 bits per heavy atom. The molecule has 1 aromatic carbocycles. The maximum absolute atomic E-state index is 13.5. The molecule has 1 nitrogen and oxygen atoms in total. The van der Waals surface area contributed by atoms with Crippen molar-refractivity contribution < 1.29 is 8.78 Å². The largest absolute Gasteiger partial charge is 0.255 e. The quantitative estimate of drug-likeness (QED) is 0.662. The highest BCUT2D eigenvalue weighted by Crippen LogP contribution is 2.33. The van der Waals surface area contributed by atoms with Crippen molar-refractivity contribution in [2.24, 2.45) is 0 Å². The Bertz CT molecular complexity index is 549. The molecule has 1 aromatic heterocycles. The van der Waals surface area contributed by atoms with Crippen LogP contribution in [0.25, 0.3) is 10.9 Å². The van der Waals surface area contributed by atoms with Crippen molar-refractivity contribution in [3.8, 4) is 0 Å². The van der Waals surface area contributed by atoms with Crippen LogP contribution in [0.15, 0.2) is 16.7 Å². The minimum Gasteiger partial charge on any atom is -0.255 e. The number of halogens is 4. The molecule has 0 saturated carbocycles. The maximum atomic E-state index is 13.5. The Morgan fingerprint density at radius 2 is 2.07 bits per heavy atom. The van der Waals surface area contributed by atoms with Gasteiger partial charge in [-0.05, 0) is 34.5 Å². The number of benzene rings is 1. The van der Waals surface area contributed by atoms with Gasteiger partial charge in [-0.2, -0.15) is 0 Å². The first kappa shape index (κ1) is 10.8. The van der Waals surface area contributed by atoms with Gasteiger partial charge >= 0.3 is 0 Å². The molecule has 1 heterocycles. The van der Waals surface area contributed by atoms with E-state index in [1.807, 2.05) is 0 Å². The lowest BCUT2D eigenvalue weighted by Gasteiger charge is -2.06. The summed E-state index contributed by atoms with van der Waals surface area (Å²) in [5.74, 6) is -1.90. The second kappa shape index (κ2) is 3.68. The van der Waals surface area contributed by atoms with Crippen LogP contribution in [0.1, 0.15) is 5.56 Å². The van der Waals surface area contributed by atoms with Crippen LogP contribution in [-0.2, 0) is 0 Å². The molecule has 0 spiro atoms. The number of hydrogen-bond donors (Lipinski definition) is 0. The van der Waals surface area contributed by atoms with E-state index in [1.54, 1.807) is 6.92 Å². The topological polar surface area (TPSA) is 12.9 Å². The molecule has 0 N–H and O–H groups in total. The second-order valence-corrected chi connectivity index (χ2v) is 4.37. The Balaban J connectivity index is 3.04. The zero-order chi connectivity index (χ0) is 11.2.